The topological polar surface area (TPSA) is 228 Å². The monoisotopic (exact) mass is 685 g/mol. The van der Waals surface area contributed by atoms with Gasteiger partial charge in [0.1, 0.15) is 12.4 Å². The van der Waals surface area contributed by atoms with E-state index in [-0.39, 0.29) is 55.2 Å². The maximum atomic E-state index is 13.4. The Morgan fingerprint density at radius 3 is 2.27 bits per heavy atom. The van der Waals surface area contributed by atoms with Crippen molar-refractivity contribution in [3.8, 4) is 11.3 Å². The summed E-state index contributed by atoms with van der Waals surface area (Å²) in [5.41, 5.74) is 8.02. The number of nitrogens with two attached hydrogens (primary N) is 1. The number of hydrogen-bond acceptors (Lipinski definition) is 11. The lowest BCUT2D eigenvalue weighted by atomic mass is 10.1. The van der Waals surface area contributed by atoms with Crippen LogP contribution in [0.2, 0.25) is 0 Å². The lowest BCUT2D eigenvalue weighted by Crippen LogP contribution is -2.34. The number of nitrogens with one attached hydrogen (secondary N) is 4. The van der Waals surface area contributed by atoms with Crippen LogP contribution in [0, 0.1) is 5.41 Å². The molecule has 17 heteroatoms. The van der Waals surface area contributed by atoms with Crippen LogP contribution in [-0.2, 0) is 32.2 Å². The van der Waals surface area contributed by atoms with Crippen molar-refractivity contribution in [3.05, 3.63) is 75.7 Å². The zero-order valence-corrected chi connectivity index (χ0v) is 27.0. The molecule has 0 unspecified atom stereocenters. The summed E-state index contributed by atoms with van der Waals surface area (Å²) in [4.78, 5) is 64.0. The van der Waals surface area contributed by atoms with Gasteiger partial charge in [-0.15, -0.1) is 0 Å². The summed E-state index contributed by atoms with van der Waals surface area (Å²) in [6.07, 6.45) is 2.62. The van der Waals surface area contributed by atoms with Crippen molar-refractivity contribution >= 4 is 41.3 Å². The summed E-state index contributed by atoms with van der Waals surface area (Å²) in [6.45, 7) is 3.91. The number of amidine groups is 1. The molecule has 1 saturated carbocycles. The largest absolute Gasteiger partial charge is 0.477 e. The number of amides is 2. The number of esters is 1. The van der Waals surface area contributed by atoms with Gasteiger partial charge in [0, 0.05) is 36.3 Å². The number of aliphatic carboxylic acids is 1. The van der Waals surface area contributed by atoms with Gasteiger partial charge >= 0.3 is 24.0 Å². The second-order valence-electron chi connectivity index (χ2n) is 10.8. The van der Waals surface area contributed by atoms with E-state index in [1.165, 1.54) is 16.8 Å². The molecule has 1 aliphatic carbocycles. The average Bonchev–Trinajstić information content (AvgIpc) is 3.86. The predicted molar refractivity (Wildman–Crippen MR) is 174 cm³/mol. The number of carboxylic acid groups (broad SMARTS) is 1. The number of nitrogens with zero attached hydrogens (tertiary/aromatic N) is 2. The van der Waals surface area contributed by atoms with Crippen molar-refractivity contribution in [2.45, 2.75) is 58.7 Å². The first-order valence-corrected chi connectivity index (χ1v) is 15.1. The summed E-state index contributed by atoms with van der Waals surface area (Å²) in [6, 6.07) is 11.5. The highest BCUT2D eigenvalue weighted by molar-refractivity contribution is 6.04. The van der Waals surface area contributed by atoms with Crippen molar-refractivity contribution in [3.63, 3.8) is 0 Å². The molecule has 1 heterocycles. The molecule has 2 amide bonds. The first kappa shape index (κ1) is 37.6. The lowest BCUT2D eigenvalue weighted by Gasteiger charge is -2.16. The van der Waals surface area contributed by atoms with Gasteiger partial charge in [-0.2, -0.15) is 8.78 Å². The normalized spacial score (nSPS) is 12.1. The molecule has 7 N–H and O–H groups in total. The number of nitrogen functional groups attached to an aromatic ring is 1. The van der Waals surface area contributed by atoms with Gasteiger partial charge in [0.2, 0.25) is 5.91 Å². The predicted octanol–water partition coefficient (Wildman–Crippen LogP) is 3.36. The highest BCUT2D eigenvalue weighted by atomic mass is 19.3. The van der Waals surface area contributed by atoms with Crippen LogP contribution in [0.5, 0.6) is 0 Å². The smallest absolute Gasteiger partial charge is 0.412 e. The molecule has 0 spiro atoms. The summed E-state index contributed by atoms with van der Waals surface area (Å²) >= 11 is 0. The molecule has 1 fully saturated rings. The second-order valence-corrected chi connectivity index (χ2v) is 10.8. The standard InChI is InChI=1S/C29H33N7O6.C3H4F2O2/c1-3-41-28(39)20-11-19(12-21(30)13-20)23-15-33-26(34-22-9-10-22)27(38)36(23)16-24(37)32-14-17-5-7-18(8-6-17)25(31)35-29(40)42-4-2;1-3(4,5)2(6)7/h5-8,11-13,15,22H,3-4,9-10,14,16,30H2,1-2H3,(H,32,37)(H,33,34)(H2,31,35,40);1H3,(H,6,7). The molecule has 3 aromatic rings. The quantitative estimate of drug-likeness (QED) is 0.0701. The van der Waals surface area contributed by atoms with Crippen LogP contribution < -0.4 is 27.2 Å². The Morgan fingerprint density at radius 1 is 1.06 bits per heavy atom. The average molecular weight is 686 g/mol. The van der Waals surface area contributed by atoms with Crippen molar-refractivity contribution < 1.29 is 42.5 Å². The highest BCUT2D eigenvalue weighted by Crippen LogP contribution is 2.26. The number of alkyl halides is 2. The number of anilines is 2. The summed E-state index contributed by atoms with van der Waals surface area (Å²) in [7, 11) is 0. The number of hydrogen-bond donors (Lipinski definition) is 6. The molecule has 15 nitrogen and oxygen atoms in total. The van der Waals surface area contributed by atoms with Crippen molar-refractivity contribution in [2.24, 2.45) is 0 Å². The number of rotatable bonds is 12. The third-order valence-corrected chi connectivity index (χ3v) is 6.65. The van der Waals surface area contributed by atoms with E-state index in [2.05, 4.69) is 20.9 Å². The number of aromatic nitrogens is 2. The fourth-order valence-electron chi connectivity index (χ4n) is 4.06. The maximum Gasteiger partial charge on any atom is 0.412 e. The summed E-state index contributed by atoms with van der Waals surface area (Å²) in [5.74, 6) is -6.64. The van der Waals surface area contributed by atoms with Gasteiger partial charge in [-0.05, 0) is 50.5 Å². The Hall–Kier alpha value is -5.87. The van der Waals surface area contributed by atoms with E-state index in [9.17, 15) is 32.8 Å². The third kappa shape index (κ3) is 11.4. The van der Waals surface area contributed by atoms with Gasteiger partial charge in [0.25, 0.3) is 5.56 Å². The molecule has 262 valence electrons. The summed E-state index contributed by atoms with van der Waals surface area (Å²) < 4.78 is 33.7. The minimum Gasteiger partial charge on any atom is -0.477 e. The number of carbonyl (C=O) groups is 4. The number of alkyl carbamates (subject to hydrolysis) is 1. The Kier molecular flexibility index (Phi) is 12.9. The van der Waals surface area contributed by atoms with Crippen molar-refractivity contribution in [2.75, 3.05) is 24.3 Å². The van der Waals surface area contributed by atoms with E-state index in [0.717, 1.165) is 18.4 Å². The van der Waals surface area contributed by atoms with Crippen LogP contribution in [0.4, 0.5) is 25.1 Å². The number of benzene rings is 2. The van der Waals surface area contributed by atoms with E-state index < -0.39 is 35.4 Å². The first-order valence-electron chi connectivity index (χ1n) is 15.1. The molecule has 4 rings (SSSR count). The molecule has 2 aromatic carbocycles. The van der Waals surface area contributed by atoms with Gasteiger partial charge in [-0.3, -0.25) is 24.9 Å². The molecule has 1 aliphatic rings. The zero-order valence-electron chi connectivity index (χ0n) is 27.0. The van der Waals surface area contributed by atoms with Gasteiger partial charge in [-0.25, -0.2) is 19.4 Å². The van der Waals surface area contributed by atoms with E-state index in [0.29, 0.717) is 23.7 Å². The van der Waals surface area contributed by atoms with Crippen LogP contribution in [0.3, 0.4) is 0 Å². The molecule has 0 aliphatic heterocycles. The van der Waals surface area contributed by atoms with Gasteiger partial charge in [-0.1, -0.05) is 24.3 Å². The van der Waals surface area contributed by atoms with Crippen molar-refractivity contribution in [1.29, 1.82) is 5.41 Å². The van der Waals surface area contributed by atoms with Gasteiger partial charge < -0.3 is 30.9 Å². The summed E-state index contributed by atoms with van der Waals surface area (Å²) in [5, 5.41) is 23.7. The number of halogens is 2. The molecular formula is C32H37F2N7O8. The Labute approximate surface area is 279 Å². The lowest BCUT2D eigenvalue weighted by molar-refractivity contribution is -0.161. The minimum atomic E-state index is -3.58. The molecular weight excluding hydrogens is 648 g/mol. The van der Waals surface area contributed by atoms with Crippen LogP contribution in [-0.4, -0.2) is 69.6 Å². The van der Waals surface area contributed by atoms with Crippen LogP contribution in [0.1, 0.15) is 55.1 Å². The Morgan fingerprint density at radius 2 is 1.69 bits per heavy atom. The van der Waals surface area contributed by atoms with E-state index in [1.54, 1.807) is 50.2 Å². The number of carbonyl (C=O) groups excluding carboxylic acids is 3. The van der Waals surface area contributed by atoms with Gasteiger partial charge in [0.15, 0.2) is 5.82 Å². The number of carboxylic acids is 1. The molecule has 0 atom stereocenters. The molecule has 1 aromatic heterocycles. The first-order chi connectivity index (χ1) is 23.1. The van der Waals surface area contributed by atoms with Crippen molar-refractivity contribution in [1.82, 2.24) is 20.2 Å². The van der Waals surface area contributed by atoms with Gasteiger partial charge in [0.05, 0.1) is 30.7 Å². The third-order valence-electron chi connectivity index (χ3n) is 6.65. The Bertz CT molecular complexity index is 1750. The maximum absolute atomic E-state index is 13.4. The Balaban J connectivity index is 0.000000838. The fourth-order valence-corrected chi connectivity index (χ4v) is 4.06. The molecule has 0 bridgehead atoms. The SMILES string of the molecule is CC(F)(F)C(=O)O.CCOC(=O)NC(=N)c1ccc(CNC(=O)Cn2c(-c3cc(N)cc(C(=O)OCC)c3)cnc(NC3CC3)c2=O)cc1. The molecule has 0 saturated heterocycles. The molecule has 49 heavy (non-hydrogen) atoms. The van der Waals surface area contributed by atoms with E-state index in [4.69, 9.17) is 25.7 Å². The number of ether oxygens (including phenoxy) is 2. The fraction of sp³-hybridized carbons (Fsp3) is 0.344. The molecule has 0 radical (unpaired) electrons. The van der Waals surface area contributed by atoms with E-state index in [1.807, 2.05) is 0 Å². The second kappa shape index (κ2) is 16.8. The highest BCUT2D eigenvalue weighted by Gasteiger charge is 2.31. The van der Waals surface area contributed by atoms with Crippen LogP contribution in [0.25, 0.3) is 11.3 Å². The zero-order chi connectivity index (χ0) is 36.3. The van der Waals surface area contributed by atoms with E-state index >= 15 is 0 Å². The van der Waals surface area contributed by atoms with Crippen LogP contribution in [0.15, 0.2) is 53.5 Å². The minimum absolute atomic E-state index is 0.114. The van der Waals surface area contributed by atoms with Crippen LogP contribution >= 0.6 is 0 Å².